The van der Waals surface area contributed by atoms with Gasteiger partial charge in [-0.25, -0.2) is 4.39 Å². The molecule has 31 heavy (non-hydrogen) atoms. The van der Waals surface area contributed by atoms with Gasteiger partial charge in [-0.2, -0.15) is 0 Å². The zero-order valence-electron chi connectivity index (χ0n) is 19.7. The average molecular weight is 435 g/mol. The van der Waals surface area contributed by atoms with E-state index in [-0.39, 0.29) is 13.0 Å². The largest absolute Gasteiger partial charge is 0.396 e. The lowest BCUT2D eigenvalue weighted by atomic mass is 9.60. The van der Waals surface area contributed by atoms with Crippen molar-refractivity contribution in [2.24, 2.45) is 29.1 Å². The molecule has 0 aliphatic heterocycles. The summed E-state index contributed by atoms with van der Waals surface area (Å²) in [5.74, 6) is 2.41. The Labute approximate surface area is 188 Å². The van der Waals surface area contributed by atoms with Crippen LogP contribution in [0, 0.1) is 29.1 Å². The molecular weight excluding hydrogens is 391 g/mol. The molecule has 3 aliphatic carbocycles. The van der Waals surface area contributed by atoms with Crippen molar-refractivity contribution >= 4 is 0 Å². The topological polar surface area (TPSA) is 60.7 Å². The highest BCUT2D eigenvalue weighted by atomic mass is 19.1. The Morgan fingerprint density at radius 1 is 1.16 bits per heavy atom. The first-order valence-electron chi connectivity index (χ1n) is 12.5. The van der Waals surface area contributed by atoms with E-state index in [1.165, 1.54) is 44.1 Å². The molecule has 3 nitrogen and oxygen atoms in total. The summed E-state index contributed by atoms with van der Waals surface area (Å²) in [5.41, 5.74) is 2.86. The molecule has 0 aromatic carbocycles. The molecule has 3 fully saturated rings. The van der Waals surface area contributed by atoms with Crippen molar-refractivity contribution < 1.29 is 19.7 Å². The quantitative estimate of drug-likeness (QED) is 0.470. The molecule has 0 aromatic heterocycles. The van der Waals surface area contributed by atoms with Crippen molar-refractivity contribution in [3.05, 3.63) is 35.2 Å². The van der Waals surface area contributed by atoms with Gasteiger partial charge in [-0.05, 0) is 79.6 Å². The number of halogens is 1. The number of fused-ring (bicyclic) bond motifs is 1. The molecule has 4 heteroatoms. The molecular formula is C27H43FO3. The van der Waals surface area contributed by atoms with E-state index < -0.39 is 12.2 Å². The van der Waals surface area contributed by atoms with Gasteiger partial charge in [0.1, 0.15) is 0 Å². The molecule has 3 aliphatic rings. The second-order valence-corrected chi connectivity index (χ2v) is 10.9. The Kier molecular flexibility index (Phi) is 8.57. The Morgan fingerprint density at radius 3 is 2.65 bits per heavy atom. The Hall–Kier alpha value is -0.970. The summed E-state index contributed by atoms with van der Waals surface area (Å²) in [5, 5.41) is 29.4. The van der Waals surface area contributed by atoms with Crippen LogP contribution in [0.5, 0.6) is 0 Å². The zero-order valence-corrected chi connectivity index (χ0v) is 19.7. The van der Waals surface area contributed by atoms with Gasteiger partial charge in [-0.3, -0.25) is 0 Å². The summed E-state index contributed by atoms with van der Waals surface area (Å²) < 4.78 is 13.4. The second kappa shape index (κ2) is 10.8. The Bertz CT molecular complexity index is 697. The Balaban J connectivity index is 1.71. The van der Waals surface area contributed by atoms with Crippen molar-refractivity contribution in [2.45, 2.75) is 97.2 Å². The second-order valence-electron chi connectivity index (χ2n) is 10.9. The highest BCUT2D eigenvalue weighted by Crippen LogP contribution is 2.60. The van der Waals surface area contributed by atoms with E-state index >= 15 is 0 Å². The molecule has 3 rings (SSSR count). The first kappa shape index (κ1) is 24.7. The maximum Gasteiger partial charge on any atom is 0.0927 e. The monoisotopic (exact) mass is 434 g/mol. The van der Waals surface area contributed by atoms with Crippen molar-refractivity contribution in [1.29, 1.82) is 0 Å². The third-order valence-electron chi connectivity index (χ3n) is 8.69. The van der Waals surface area contributed by atoms with Crippen molar-refractivity contribution in [2.75, 3.05) is 6.61 Å². The van der Waals surface area contributed by atoms with Crippen molar-refractivity contribution in [3.63, 3.8) is 0 Å². The normalized spacial score (nSPS) is 39.8. The SMILES string of the molecule is CC(CO)CCC[C@@H](C)[C@H]1CCC2C(=C/C=C3/C[C@@H](O)C[C@@H](O)C3=CF)CCC[C@@]21C. The summed E-state index contributed by atoms with van der Waals surface area (Å²) >= 11 is 0. The number of allylic oxidation sites excluding steroid dienone is 3. The lowest BCUT2D eigenvalue weighted by Crippen LogP contribution is -2.36. The van der Waals surface area contributed by atoms with Crippen LogP contribution in [0.15, 0.2) is 35.2 Å². The fourth-order valence-electron chi connectivity index (χ4n) is 6.86. The van der Waals surface area contributed by atoms with E-state index in [1.54, 1.807) is 0 Å². The molecule has 0 saturated heterocycles. The predicted octanol–water partition coefficient (Wildman–Crippen LogP) is 5.86. The van der Waals surface area contributed by atoms with Gasteiger partial charge in [-0.1, -0.05) is 51.3 Å². The smallest absolute Gasteiger partial charge is 0.0927 e. The average Bonchev–Trinajstić information content (AvgIpc) is 3.09. The lowest BCUT2D eigenvalue weighted by Gasteiger charge is -2.44. The van der Waals surface area contributed by atoms with Crippen LogP contribution in [0.25, 0.3) is 0 Å². The maximum absolute atomic E-state index is 13.4. The predicted molar refractivity (Wildman–Crippen MR) is 124 cm³/mol. The standard InChI is InChI=1S/C27H43FO3/c1-18(17-29)6-4-7-19(2)24-11-12-25-20(8-5-13-27(24,25)3)9-10-21-14-22(30)15-26(31)23(21)16-28/h9-10,16,18-19,22,24-26,29-31H,4-8,11-15,17H2,1-3H3/b20-9?,21-10-,23-16?/t18?,19-,22-,24-,25?,26-,27-/m1/s1. The number of aliphatic hydroxyl groups is 3. The van der Waals surface area contributed by atoms with E-state index in [0.717, 1.165) is 24.3 Å². The van der Waals surface area contributed by atoms with Crippen molar-refractivity contribution in [3.8, 4) is 0 Å². The lowest BCUT2D eigenvalue weighted by molar-refractivity contribution is 0.0850. The van der Waals surface area contributed by atoms with Gasteiger partial charge in [0.25, 0.3) is 0 Å². The van der Waals surface area contributed by atoms with Crippen LogP contribution < -0.4 is 0 Å². The number of aliphatic hydroxyl groups excluding tert-OH is 3. The number of hydrogen-bond donors (Lipinski definition) is 3. The van der Waals surface area contributed by atoms with Gasteiger partial charge in [-0.15, -0.1) is 0 Å². The molecule has 0 aromatic rings. The van der Waals surface area contributed by atoms with E-state index in [0.29, 0.717) is 41.5 Å². The molecule has 7 atom stereocenters. The maximum atomic E-state index is 13.4. The number of rotatable bonds is 7. The van der Waals surface area contributed by atoms with E-state index in [1.807, 2.05) is 6.08 Å². The van der Waals surface area contributed by atoms with Gasteiger partial charge in [0.2, 0.25) is 0 Å². The van der Waals surface area contributed by atoms with Gasteiger partial charge in [0.15, 0.2) is 0 Å². The molecule has 0 spiro atoms. The van der Waals surface area contributed by atoms with Crippen LogP contribution in [-0.2, 0) is 0 Å². The summed E-state index contributed by atoms with van der Waals surface area (Å²) in [7, 11) is 0. The Morgan fingerprint density at radius 2 is 1.94 bits per heavy atom. The molecule has 0 amide bonds. The zero-order chi connectivity index (χ0) is 22.6. The first-order chi connectivity index (χ1) is 14.8. The highest BCUT2D eigenvalue weighted by molar-refractivity contribution is 5.39. The van der Waals surface area contributed by atoms with Crippen LogP contribution in [0.3, 0.4) is 0 Å². The molecule has 3 N–H and O–H groups in total. The molecule has 0 heterocycles. The van der Waals surface area contributed by atoms with Crippen LogP contribution in [0.1, 0.15) is 85.0 Å². The van der Waals surface area contributed by atoms with Crippen LogP contribution in [0.2, 0.25) is 0 Å². The molecule has 0 bridgehead atoms. The summed E-state index contributed by atoms with van der Waals surface area (Å²) in [6.45, 7) is 7.32. The molecule has 3 saturated carbocycles. The third kappa shape index (κ3) is 5.51. The minimum absolute atomic E-state index is 0.209. The van der Waals surface area contributed by atoms with Gasteiger partial charge in [0, 0.05) is 18.6 Å². The first-order valence-corrected chi connectivity index (χ1v) is 12.5. The highest BCUT2D eigenvalue weighted by Gasteiger charge is 2.50. The fraction of sp³-hybridized carbons (Fsp3) is 0.778. The van der Waals surface area contributed by atoms with Gasteiger partial charge < -0.3 is 15.3 Å². The minimum Gasteiger partial charge on any atom is -0.396 e. The van der Waals surface area contributed by atoms with Crippen LogP contribution in [0.4, 0.5) is 4.39 Å². The van der Waals surface area contributed by atoms with Gasteiger partial charge in [0.05, 0.1) is 18.5 Å². The molecule has 2 unspecified atom stereocenters. The number of hydrogen-bond acceptors (Lipinski definition) is 3. The summed E-state index contributed by atoms with van der Waals surface area (Å²) in [4.78, 5) is 0. The van der Waals surface area contributed by atoms with Gasteiger partial charge >= 0.3 is 0 Å². The summed E-state index contributed by atoms with van der Waals surface area (Å²) in [6, 6.07) is 0. The molecule has 176 valence electrons. The van der Waals surface area contributed by atoms with Crippen LogP contribution >= 0.6 is 0 Å². The van der Waals surface area contributed by atoms with E-state index in [2.05, 4.69) is 26.8 Å². The fourth-order valence-corrected chi connectivity index (χ4v) is 6.86. The van der Waals surface area contributed by atoms with E-state index in [9.17, 15) is 19.7 Å². The van der Waals surface area contributed by atoms with Crippen molar-refractivity contribution in [1.82, 2.24) is 0 Å². The third-order valence-corrected chi connectivity index (χ3v) is 8.69. The minimum atomic E-state index is -0.916. The summed E-state index contributed by atoms with van der Waals surface area (Å²) in [6.07, 6.45) is 13.4. The van der Waals surface area contributed by atoms with E-state index in [4.69, 9.17) is 0 Å². The molecule has 0 radical (unpaired) electrons. The van der Waals surface area contributed by atoms with Crippen LogP contribution in [-0.4, -0.2) is 34.1 Å².